The summed E-state index contributed by atoms with van der Waals surface area (Å²) in [6.07, 6.45) is 6.86. The van der Waals surface area contributed by atoms with Gasteiger partial charge < -0.3 is 15.8 Å². The Morgan fingerprint density at radius 3 is 2.76 bits per heavy atom. The maximum absolute atomic E-state index is 12.3. The number of alkyl halides is 1. The molecular formula is C19H28BrClN2O2. The second kappa shape index (κ2) is 10.4. The number of carbonyl (C=O) groups excluding carboxylic acids is 1. The second-order valence-electron chi connectivity index (χ2n) is 6.57. The molecule has 1 aromatic carbocycles. The minimum atomic E-state index is -0.328. The van der Waals surface area contributed by atoms with E-state index in [2.05, 4.69) is 28.2 Å². The van der Waals surface area contributed by atoms with E-state index in [1.165, 1.54) is 32.1 Å². The van der Waals surface area contributed by atoms with Crippen molar-refractivity contribution in [3.05, 3.63) is 27.7 Å². The molecule has 0 amide bonds. The minimum absolute atomic E-state index is 0.164. The Bertz CT molecular complexity index is 577. The number of hydrogen-bond donors (Lipinski definition) is 2. The first-order valence-electron chi connectivity index (χ1n) is 9.13. The minimum Gasteiger partial charge on any atom is -0.462 e. The van der Waals surface area contributed by atoms with Gasteiger partial charge in [0.15, 0.2) is 0 Å². The van der Waals surface area contributed by atoms with Gasteiger partial charge in [-0.1, -0.05) is 26.2 Å². The molecule has 0 aromatic heterocycles. The van der Waals surface area contributed by atoms with Gasteiger partial charge in [-0.15, -0.1) is 11.6 Å². The Morgan fingerprint density at radius 2 is 2.12 bits per heavy atom. The lowest BCUT2D eigenvalue weighted by molar-refractivity contribution is 0.0505. The highest BCUT2D eigenvalue weighted by Gasteiger charge is 2.27. The Kier molecular flexibility index (Phi) is 8.53. The highest BCUT2D eigenvalue weighted by molar-refractivity contribution is 9.10. The number of nitrogens with two attached hydrogens (primary N) is 1. The molecule has 0 saturated heterocycles. The number of anilines is 1. The molecule has 0 heterocycles. The van der Waals surface area contributed by atoms with Gasteiger partial charge in [0.1, 0.15) is 0 Å². The molecule has 1 atom stereocenters. The average molecular weight is 432 g/mol. The lowest BCUT2D eigenvalue weighted by atomic mass is 9.80. The van der Waals surface area contributed by atoms with Crippen LogP contribution in [0.25, 0.3) is 0 Å². The van der Waals surface area contributed by atoms with Crippen LogP contribution in [0.5, 0.6) is 0 Å². The van der Waals surface area contributed by atoms with Crippen LogP contribution in [0.2, 0.25) is 0 Å². The fraction of sp³-hybridized carbons (Fsp3) is 0.632. The van der Waals surface area contributed by atoms with Crippen molar-refractivity contribution in [1.82, 2.24) is 5.32 Å². The first kappa shape index (κ1) is 20.5. The van der Waals surface area contributed by atoms with Gasteiger partial charge in [-0.05, 0) is 65.4 Å². The molecule has 6 heteroatoms. The van der Waals surface area contributed by atoms with Crippen molar-refractivity contribution in [1.29, 1.82) is 0 Å². The van der Waals surface area contributed by atoms with E-state index in [9.17, 15) is 4.79 Å². The second-order valence-corrected chi connectivity index (χ2v) is 7.81. The van der Waals surface area contributed by atoms with Crippen LogP contribution >= 0.6 is 27.5 Å². The number of halogens is 2. The fourth-order valence-corrected chi connectivity index (χ4v) is 4.12. The third-order valence-electron chi connectivity index (χ3n) is 4.79. The third-order valence-corrected chi connectivity index (χ3v) is 5.71. The van der Waals surface area contributed by atoms with Gasteiger partial charge in [0.2, 0.25) is 0 Å². The number of benzene rings is 1. The summed E-state index contributed by atoms with van der Waals surface area (Å²) in [4.78, 5) is 12.3. The Labute approximate surface area is 164 Å². The zero-order valence-electron chi connectivity index (χ0n) is 14.8. The van der Waals surface area contributed by atoms with Crippen LogP contribution in [0.4, 0.5) is 5.69 Å². The summed E-state index contributed by atoms with van der Waals surface area (Å²) in [6, 6.07) is 3.80. The first-order chi connectivity index (χ1) is 12.1. The summed E-state index contributed by atoms with van der Waals surface area (Å²) in [6.45, 7) is 3.30. The summed E-state index contributed by atoms with van der Waals surface area (Å²) in [5, 5.41) is 3.58. The summed E-state index contributed by atoms with van der Waals surface area (Å²) in [5.41, 5.74) is 8.58. The Hall–Kier alpha value is -0.780. The van der Waals surface area contributed by atoms with Crippen LogP contribution < -0.4 is 11.1 Å². The summed E-state index contributed by atoms with van der Waals surface area (Å²) in [5.74, 6) is 0.699. The number of carbonyl (C=O) groups is 1. The normalized spacial score (nSPS) is 16.6. The fourth-order valence-electron chi connectivity index (χ4n) is 3.53. The molecule has 1 aromatic rings. The van der Waals surface area contributed by atoms with E-state index in [-0.39, 0.29) is 12.0 Å². The van der Waals surface area contributed by atoms with E-state index in [0.717, 1.165) is 16.6 Å². The van der Waals surface area contributed by atoms with Crippen molar-refractivity contribution in [2.24, 2.45) is 5.92 Å². The number of ether oxygens (including phenoxy) is 1. The van der Waals surface area contributed by atoms with Crippen molar-refractivity contribution in [2.45, 2.75) is 51.5 Å². The smallest absolute Gasteiger partial charge is 0.338 e. The highest BCUT2D eigenvalue weighted by Crippen LogP contribution is 2.39. The monoisotopic (exact) mass is 430 g/mol. The molecule has 0 spiro atoms. The largest absolute Gasteiger partial charge is 0.462 e. The quantitative estimate of drug-likeness (QED) is 0.262. The number of hydrogen-bond acceptors (Lipinski definition) is 4. The van der Waals surface area contributed by atoms with Crippen molar-refractivity contribution in [2.75, 3.05) is 24.8 Å². The molecule has 1 aliphatic carbocycles. The van der Waals surface area contributed by atoms with Crippen LogP contribution in [-0.2, 0) is 4.74 Å². The van der Waals surface area contributed by atoms with Gasteiger partial charge in [-0.25, -0.2) is 4.79 Å². The third kappa shape index (κ3) is 5.60. The molecule has 4 nitrogen and oxygen atoms in total. The number of nitrogen functional groups attached to an aromatic ring is 1. The van der Waals surface area contributed by atoms with E-state index in [4.69, 9.17) is 22.1 Å². The van der Waals surface area contributed by atoms with Crippen LogP contribution in [0.3, 0.4) is 0 Å². The molecular weight excluding hydrogens is 404 g/mol. The van der Waals surface area contributed by atoms with E-state index < -0.39 is 0 Å². The lowest BCUT2D eigenvalue weighted by Crippen LogP contribution is -2.30. The number of nitrogens with one attached hydrogen (secondary N) is 1. The predicted molar refractivity (Wildman–Crippen MR) is 107 cm³/mol. The van der Waals surface area contributed by atoms with E-state index in [0.29, 0.717) is 36.1 Å². The first-order valence-corrected chi connectivity index (χ1v) is 10.5. The summed E-state index contributed by atoms with van der Waals surface area (Å²) >= 11 is 9.15. The van der Waals surface area contributed by atoms with Crippen molar-refractivity contribution >= 4 is 39.2 Å². The van der Waals surface area contributed by atoms with Crippen LogP contribution in [0.15, 0.2) is 16.6 Å². The molecule has 140 valence electrons. The van der Waals surface area contributed by atoms with Gasteiger partial charge in [0.25, 0.3) is 0 Å². The molecule has 1 fully saturated rings. The van der Waals surface area contributed by atoms with E-state index in [1.54, 1.807) is 6.07 Å². The van der Waals surface area contributed by atoms with Crippen molar-refractivity contribution in [3.63, 3.8) is 0 Å². The van der Waals surface area contributed by atoms with Crippen LogP contribution in [0, 0.1) is 5.92 Å². The van der Waals surface area contributed by atoms with E-state index in [1.807, 2.05) is 6.07 Å². The van der Waals surface area contributed by atoms with Gasteiger partial charge in [0, 0.05) is 16.4 Å². The SMILES string of the molecule is CCNC(c1cc(C(=O)OCCCCl)cc(Br)c1N)C1CCCCC1. The van der Waals surface area contributed by atoms with Gasteiger partial charge >= 0.3 is 5.97 Å². The average Bonchev–Trinajstić information content (AvgIpc) is 2.63. The number of rotatable bonds is 8. The maximum Gasteiger partial charge on any atom is 0.338 e. The molecule has 0 bridgehead atoms. The van der Waals surface area contributed by atoms with Gasteiger partial charge in [-0.3, -0.25) is 0 Å². The summed E-state index contributed by atoms with van der Waals surface area (Å²) in [7, 11) is 0. The molecule has 1 aliphatic rings. The molecule has 0 radical (unpaired) electrons. The Balaban J connectivity index is 2.28. The predicted octanol–water partition coefficient (Wildman–Crippen LogP) is 5.05. The Morgan fingerprint density at radius 1 is 1.40 bits per heavy atom. The summed E-state index contributed by atoms with van der Waals surface area (Å²) < 4.78 is 6.04. The zero-order chi connectivity index (χ0) is 18.2. The van der Waals surface area contributed by atoms with Crippen molar-refractivity contribution in [3.8, 4) is 0 Å². The topological polar surface area (TPSA) is 64.3 Å². The van der Waals surface area contributed by atoms with Crippen LogP contribution in [-0.4, -0.2) is 25.0 Å². The molecule has 25 heavy (non-hydrogen) atoms. The highest BCUT2D eigenvalue weighted by atomic mass is 79.9. The maximum atomic E-state index is 12.3. The molecule has 1 saturated carbocycles. The number of esters is 1. The molecule has 2 rings (SSSR count). The lowest BCUT2D eigenvalue weighted by Gasteiger charge is -2.32. The molecule has 0 aliphatic heterocycles. The molecule has 3 N–H and O–H groups in total. The van der Waals surface area contributed by atoms with Crippen LogP contribution in [0.1, 0.15) is 67.4 Å². The van der Waals surface area contributed by atoms with E-state index >= 15 is 0 Å². The van der Waals surface area contributed by atoms with Gasteiger partial charge in [-0.2, -0.15) is 0 Å². The zero-order valence-corrected chi connectivity index (χ0v) is 17.2. The standard InChI is InChI=1S/C19H28BrClN2O2/c1-2-23-18(13-7-4-3-5-8-13)15-11-14(12-16(20)17(15)22)19(24)25-10-6-9-21/h11-13,18,23H,2-10,22H2,1H3. The van der Waals surface area contributed by atoms with Gasteiger partial charge in [0.05, 0.1) is 17.9 Å². The van der Waals surface area contributed by atoms with Crippen molar-refractivity contribution < 1.29 is 9.53 Å². The molecule has 1 unspecified atom stereocenters.